The van der Waals surface area contributed by atoms with Crippen LogP contribution < -0.4 is 5.73 Å². The summed E-state index contributed by atoms with van der Waals surface area (Å²) in [6.07, 6.45) is 2.44. The third-order valence-corrected chi connectivity index (χ3v) is 3.06. The molecular formula is C12H17N. The van der Waals surface area contributed by atoms with E-state index in [4.69, 9.17) is 5.73 Å². The van der Waals surface area contributed by atoms with E-state index >= 15 is 0 Å². The summed E-state index contributed by atoms with van der Waals surface area (Å²) in [6.45, 7) is 3.07. The predicted octanol–water partition coefficient (Wildman–Crippen LogP) is 2.31. The molecule has 0 heterocycles. The van der Waals surface area contributed by atoms with Crippen LogP contribution in [0.4, 0.5) is 0 Å². The molecule has 1 aromatic rings. The number of hydrogen-bond donors (Lipinski definition) is 1. The molecule has 0 unspecified atom stereocenters. The van der Waals surface area contributed by atoms with Crippen LogP contribution in [0, 0.1) is 5.92 Å². The number of rotatable bonds is 3. The van der Waals surface area contributed by atoms with Crippen LogP contribution in [0.2, 0.25) is 0 Å². The van der Waals surface area contributed by atoms with E-state index in [0.29, 0.717) is 0 Å². The molecule has 0 saturated heterocycles. The van der Waals surface area contributed by atoms with E-state index in [2.05, 4.69) is 31.2 Å². The lowest BCUT2D eigenvalue weighted by molar-refractivity contribution is 0.804. The van der Waals surface area contributed by atoms with Crippen molar-refractivity contribution in [2.45, 2.75) is 25.7 Å². The Hall–Kier alpha value is -0.820. The van der Waals surface area contributed by atoms with Crippen molar-refractivity contribution in [3.05, 3.63) is 35.4 Å². The van der Waals surface area contributed by atoms with E-state index in [1.165, 1.54) is 12.0 Å². The fourth-order valence-corrected chi connectivity index (χ4v) is 2.11. The Morgan fingerprint density at radius 1 is 1.38 bits per heavy atom. The smallest absolute Gasteiger partial charge is 0.00428 e. The van der Waals surface area contributed by atoms with E-state index in [0.717, 1.165) is 24.8 Å². The van der Waals surface area contributed by atoms with Crippen LogP contribution >= 0.6 is 0 Å². The van der Waals surface area contributed by atoms with Gasteiger partial charge in [0.15, 0.2) is 0 Å². The van der Waals surface area contributed by atoms with Crippen molar-refractivity contribution in [1.29, 1.82) is 0 Å². The quantitative estimate of drug-likeness (QED) is 0.749. The average molecular weight is 175 g/mol. The summed E-state index contributed by atoms with van der Waals surface area (Å²) in [5, 5.41) is 0. The van der Waals surface area contributed by atoms with Gasteiger partial charge >= 0.3 is 0 Å². The zero-order valence-corrected chi connectivity index (χ0v) is 8.16. The van der Waals surface area contributed by atoms with Crippen LogP contribution in [0.1, 0.15) is 30.4 Å². The Bertz CT molecular complexity index is 293. The van der Waals surface area contributed by atoms with Gasteiger partial charge in [0.1, 0.15) is 0 Å². The van der Waals surface area contributed by atoms with Crippen molar-refractivity contribution in [2.75, 3.05) is 6.54 Å². The summed E-state index contributed by atoms with van der Waals surface area (Å²) in [5.41, 5.74) is 8.70. The summed E-state index contributed by atoms with van der Waals surface area (Å²) >= 11 is 0. The largest absolute Gasteiger partial charge is 0.330 e. The molecule has 1 aliphatic rings. The summed E-state index contributed by atoms with van der Waals surface area (Å²) in [4.78, 5) is 0. The normalized spacial score (nSPS) is 26.0. The molecule has 0 radical (unpaired) electrons. The lowest BCUT2D eigenvalue weighted by Crippen LogP contribution is -2.02. The zero-order chi connectivity index (χ0) is 9.26. The molecule has 0 amide bonds. The van der Waals surface area contributed by atoms with Crippen molar-refractivity contribution in [3.63, 3.8) is 0 Å². The van der Waals surface area contributed by atoms with Gasteiger partial charge in [0.25, 0.3) is 0 Å². The third-order valence-electron chi connectivity index (χ3n) is 3.06. The number of aryl methyl sites for hydroxylation is 1. The molecule has 0 spiro atoms. The Balaban J connectivity index is 2.20. The maximum absolute atomic E-state index is 5.65. The van der Waals surface area contributed by atoms with Gasteiger partial charge in [-0.05, 0) is 42.3 Å². The fraction of sp³-hybridized carbons (Fsp3) is 0.500. The highest BCUT2D eigenvalue weighted by Gasteiger charge is 2.37. The van der Waals surface area contributed by atoms with Crippen LogP contribution in [-0.2, 0) is 6.42 Å². The molecule has 1 nitrogen and oxygen atoms in total. The van der Waals surface area contributed by atoms with Crippen LogP contribution in [0.3, 0.4) is 0 Å². The predicted molar refractivity (Wildman–Crippen MR) is 55.7 cm³/mol. The van der Waals surface area contributed by atoms with Gasteiger partial charge in [0, 0.05) is 0 Å². The molecule has 13 heavy (non-hydrogen) atoms. The van der Waals surface area contributed by atoms with Crippen LogP contribution in [-0.4, -0.2) is 6.54 Å². The van der Waals surface area contributed by atoms with E-state index in [1.807, 2.05) is 0 Å². The molecule has 2 N–H and O–H groups in total. The topological polar surface area (TPSA) is 26.0 Å². The maximum atomic E-state index is 5.65. The average Bonchev–Trinajstić information content (AvgIpc) is 2.96. The van der Waals surface area contributed by atoms with E-state index in [1.54, 1.807) is 5.56 Å². The minimum Gasteiger partial charge on any atom is -0.330 e. The summed E-state index contributed by atoms with van der Waals surface area (Å²) in [6, 6.07) is 8.77. The highest BCUT2D eigenvalue weighted by atomic mass is 14.6. The number of hydrogen-bond acceptors (Lipinski definition) is 1. The first-order valence-corrected chi connectivity index (χ1v) is 5.14. The number of nitrogens with two attached hydrogens (primary N) is 1. The highest BCUT2D eigenvalue weighted by molar-refractivity contribution is 5.34. The molecule has 1 fully saturated rings. The van der Waals surface area contributed by atoms with Crippen molar-refractivity contribution in [3.8, 4) is 0 Å². The molecule has 70 valence electrons. The van der Waals surface area contributed by atoms with Gasteiger partial charge < -0.3 is 5.73 Å². The summed E-state index contributed by atoms with van der Waals surface area (Å²) in [5.74, 6) is 1.52. The van der Waals surface area contributed by atoms with Crippen LogP contribution in [0.5, 0.6) is 0 Å². The van der Waals surface area contributed by atoms with E-state index in [-0.39, 0.29) is 0 Å². The van der Waals surface area contributed by atoms with Gasteiger partial charge in [-0.3, -0.25) is 0 Å². The second-order valence-electron chi connectivity index (χ2n) is 3.89. The molecule has 1 aromatic carbocycles. The lowest BCUT2D eigenvalue weighted by Gasteiger charge is -2.05. The zero-order valence-electron chi connectivity index (χ0n) is 8.16. The third kappa shape index (κ3) is 1.61. The van der Waals surface area contributed by atoms with Gasteiger partial charge in [-0.15, -0.1) is 0 Å². The Kier molecular flexibility index (Phi) is 2.36. The second-order valence-corrected chi connectivity index (χ2v) is 3.89. The molecule has 0 aromatic heterocycles. The molecular weight excluding hydrogens is 158 g/mol. The van der Waals surface area contributed by atoms with Gasteiger partial charge in [-0.1, -0.05) is 31.2 Å². The maximum Gasteiger partial charge on any atom is -0.00428 e. The lowest BCUT2D eigenvalue weighted by atomic mass is 10.0. The monoisotopic (exact) mass is 175 g/mol. The molecule has 2 rings (SSSR count). The van der Waals surface area contributed by atoms with E-state index < -0.39 is 0 Å². The van der Waals surface area contributed by atoms with Crippen LogP contribution in [0.15, 0.2) is 24.3 Å². The Labute approximate surface area is 80.0 Å². The Morgan fingerprint density at radius 2 is 2.15 bits per heavy atom. The van der Waals surface area contributed by atoms with Crippen LogP contribution in [0.25, 0.3) is 0 Å². The highest BCUT2D eigenvalue weighted by Crippen LogP contribution is 2.47. The first kappa shape index (κ1) is 8.76. The molecule has 0 aliphatic heterocycles. The van der Waals surface area contributed by atoms with Crippen molar-refractivity contribution >= 4 is 0 Å². The van der Waals surface area contributed by atoms with Crippen molar-refractivity contribution in [1.82, 2.24) is 0 Å². The van der Waals surface area contributed by atoms with Gasteiger partial charge in [-0.25, -0.2) is 0 Å². The van der Waals surface area contributed by atoms with Gasteiger partial charge in [-0.2, -0.15) is 0 Å². The molecule has 1 heteroatoms. The molecule has 1 aliphatic carbocycles. The van der Waals surface area contributed by atoms with Crippen molar-refractivity contribution in [2.24, 2.45) is 11.7 Å². The standard InChI is InChI=1S/C12H17N/c1-2-9-5-3-4-6-11(9)12-7-10(12)8-13/h3-6,10,12H,2,7-8,13H2,1H3/t10-,12+/m1/s1. The fourth-order valence-electron chi connectivity index (χ4n) is 2.11. The second kappa shape index (κ2) is 3.51. The molecule has 2 atom stereocenters. The van der Waals surface area contributed by atoms with Gasteiger partial charge in [0.2, 0.25) is 0 Å². The van der Waals surface area contributed by atoms with E-state index in [9.17, 15) is 0 Å². The summed E-state index contributed by atoms with van der Waals surface area (Å²) < 4.78 is 0. The van der Waals surface area contributed by atoms with Gasteiger partial charge in [0.05, 0.1) is 0 Å². The molecule has 0 bridgehead atoms. The first-order chi connectivity index (χ1) is 6.36. The summed E-state index contributed by atoms with van der Waals surface area (Å²) in [7, 11) is 0. The minimum atomic E-state index is 0.757. The van der Waals surface area contributed by atoms with Crippen molar-refractivity contribution < 1.29 is 0 Å². The first-order valence-electron chi connectivity index (χ1n) is 5.14. The molecule has 1 saturated carbocycles. The minimum absolute atomic E-state index is 0.757. The SMILES string of the molecule is CCc1ccccc1[C@H]1C[C@@H]1CN. The number of benzene rings is 1. The Morgan fingerprint density at radius 3 is 2.77 bits per heavy atom.